The summed E-state index contributed by atoms with van der Waals surface area (Å²) < 4.78 is 10.2. The second-order valence-corrected chi connectivity index (χ2v) is 8.69. The molecule has 7 nitrogen and oxygen atoms in total. The van der Waals surface area contributed by atoms with Crippen molar-refractivity contribution in [2.45, 2.75) is 76.5 Å². The Hall–Kier alpha value is -2.30. The average molecular weight is 434 g/mol. The minimum absolute atomic E-state index is 0.0251. The molecular weight excluding hydrogens is 398 g/mol. The Balaban J connectivity index is 2.14. The summed E-state index contributed by atoms with van der Waals surface area (Å²) in [6.45, 7) is 3.71. The van der Waals surface area contributed by atoms with Gasteiger partial charge >= 0.3 is 12.1 Å². The van der Waals surface area contributed by atoms with Gasteiger partial charge < -0.3 is 25.4 Å². The molecule has 0 radical (unpaired) electrons. The molecule has 0 bridgehead atoms. The van der Waals surface area contributed by atoms with E-state index in [0.717, 1.165) is 6.42 Å². The number of rotatable bonds is 9. The third-order valence-electron chi connectivity index (χ3n) is 6.48. The van der Waals surface area contributed by atoms with Gasteiger partial charge in [0.25, 0.3) is 0 Å². The summed E-state index contributed by atoms with van der Waals surface area (Å²) in [5.74, 6) is 4.90. The molecule has 2 fully saturated rings. The molecule has 6 atom stereocenters. The summed E-state index contributed by atoms with van der Waals surface area (Å²) in [5.41, 5.74) is 7.52. The highest BCUT2D eigenvalue weighted by molar-refractivity contribution is 5.66. The number of carbonyl (C=O) groups excluding carboxylic acids is 1. The van der Waals surface area contributed by atoms with Crippen molar-refractivity contribution in [1.82, 2.24) is 0 Å². The predicted molar refractivity (Wildman–Crippen MR) is 117 cm³/mol. The number of carboxylic acid groups (broad SMARTS) is 1. The highest BCUT2D eigenvalue weighted by Crippen LogP contribution is 2.53. The molecule has 4 N–H and O–H groups in total. The first kappa shape index (κ1) is 25.0. The number of hydrogen-bond acceptors (Lipinski definition) is 6. The Labute approximate surface area is 184 Å². The van der Waals surface area contributed by atoms with E-state index in [9.17, 15) is 14.7 Å². The van der Waals surface area contributed by atoms with E-state index in [0.29, 0.717) is 32.1 Å². The Morgan fingerprint density at radius 3 is 2.81 bits per heavy atom. The van der Waals surface area contributed by atoms with Gasteiger partial charge in [-0.1, -0.05) is 30.7 Å². The minimum atomic E-state index is -0.789. The van der Waals surface area contributed by atoms with Gasteiger partial charge in [0.15, 0.2) is 0 Å². The van der Waals surface area contributed by atoms with Crippen LogP contribution >= 0.6 is 0 Å². The van der Waals surface area contributed by atoms with Gasteiger partial charge in [0.1, 0.15) is 6.10 Å². The van der Waals surface area contributed by atoms with Crippen molar-refractivity contribution in [3.8, 4) is 11.8 Å². The van der Waals surface area contributed by atoms with Gasteiger partial charge in [-0.15, -0.1) is 11.8 Å². The number of fused-ring (bicyclic) bond motifs is 1. The molecule has 0 heterocycles. The summed E-state index contributed by atoms with van der Waals surface area (Å²) in [6, 6.07) is 0. The Morgan fingerprint density at radius 2 is 2.16 bits per heavy atom. The molecule has 0 aliphatic heterocycles. The smallest absolute Gasteiger partial charge is 0.481 e. The fourth-order valence-electron chi connectivity index (χ4n) is 4.70. The average Bonchev–Trinajstić information content (AvgIpc) is 3.16. The monoisotopic (exact) mass is 433 g/mol. The Morgan fingerprint density at radius 1 is 1.42 bits per heavy atom. The van der Waals surface area contributed by atoms with Crippen molar-refractivity contribution >= 4 is 12.1 Å². The Kier molecular flexibility index (Phi) is 9.15. The van der Waals surface area contributed by atoms with Gasteiger partial charge in [-0.25, -0.2) is 4.79 Å². The zero-order valence-electron chi connectivity index (χ0n) is 18.7. The number of ether oxygens (including phenoxy) is 2. The molecule has 0 aromatic rings. The van der Waals surface area contributed by atoms with Crippen LogP contribution in [0.25, 0.3) is 0 Å². The quantitative estimate of drug-likeness (QED) is 0.221. The van der Waals surface area contributed by atoms with Gasteiger partial charge in [-0.3, -0.25) is 4.79 Å². The molecule has 0 aromatic carbocycles. The van der Waals surface area contributed by atoms with Crippen LogP contribution in [0, 0.1) is 29.6 Å². The van der Waals surface area contributed by atoms with E-state index in [1.54, 1.807) is 13.0 Å². The highest BCUT2D eigenvalue weighted by Gasteiger charge is 2.56. The molecule has 2 rings (SSSR count). The van der Waals surface area contributed by atoms with Crippen molar-refractivity contribution in [2.24, 2.45) is 23.5 Å². The molecule has 0 spiro atoms. The number of nitrogens with two attached hydrogens (primary N) is 1. The molecule has 2 aliphatic carbocycles. The number of carbonyl (C=O) groups is 2. The predicted octanol–water partition coefficient (Wildman–Crippen LogP) is 3.41. The lowest BCUT2D eigenvalue weighted by molar-refractivity contribution is -0.137. The SMILES string of the molecule is CC#CCC(C)[C@H](O)/C=C/[C@H]1[C@H](OC(=O)OC)C[C@@H]2C/C(=C\CCCC(=O)O)C[C@@]21N. The van der Waals surface area contributed by atoms with Gasteiger partial charge in [0.2, 0.25) is 0 Å². The van der Waals surface area contributed by atoms with Crippen LogP contribution in [0.1, 0.15) is 58.8 Å². The third kappa shape index (κ3) is 6.59. The van der Waals surface area contributed by atoms with E-state index < -0.39 is 29.9 Å². The van der Waals surface area contributed by atoms with Gasteiger partial charge in [0, 0.05) is 24.3 Å². The maximum Gasteiger partial charge on any atom is 0.508 e. The summed E-state index contributed by atoms with van der Waals surface area (Å²) in [6.07, 6.45) is 8.07. The van der Waals surface area contributed by atoms with E-state index in [2.05, 4.69) is 22.7 Å². The van der Waals surface area contributed by atoms with Gasteiger partial charge in [0.05, 0.1) is 13.2 Å². The molecule has 7 heteroatoms. The number of aliphatic carboxylic acids is 1. The number of carboxylic acids is 1. The maximum atomic E-state index is 11.8. The summed E-state index contributed by atoms with van der Waals surface area (Å²) >= 11 is 0. The van der Waals surface area contributed by atoms with Crippen LogP contribution in [0.5, 0.6) is 0 Å². The van der Waals surface area contributed by atoms with Crippen molar-refractivity contribution in [2.75, 3.05) is 7.11 Å². The van der Waals surface area contributed by atoms with Crippen LogP contribution in [-0.4, -0.2) is 47.2 Å². The normalized spacial score (nSPS) is 30.5. The lowest BCUT2D eigenvalue weighted by Gasteiger charge is -2.31. The molecule has 31 heavy (non-hydrogen) atoms. The van der Waals surface area contributed by atoms with Crippen LogP contribution < -0.4 is 5.73 Å². The lowest BCUT2D eigenvalue weighted by Crippen LogP contribution is -2.47. The fourth-order valence-corrected chi connectivity index (χ4v) is 4.70. The summed E-state index contributed by atoms with van der Waals surface area (Å²) in [4.78, 5) is 22.5. The summed E-state index contributed by atoms with van der Waals surface area (Å²) in [7, 11) is 1.28. The molecule has 2 saturated carbocycles. The van der Waals surface area contributed by atoms with E-state index in [-0.39, 0.29) is 24.2 Å². The lowest BCUT2D eigenvalue weighted by atomic mass is 9.82. The topological polar surface area (TPSA) is 119 Å². The number of unbranched alkanes of at least 4 members (excludes halogenated alkanes) is 1. The highest BCUT2D eigenvalue weighted by atomic mass is 16.7. The van der Waals surface area contributed by atoms with Crippen LogP contribution in [0.4, 0.5) is 4.79 Å². The van der Waals surface area contributed by atoms with Crippen molar-refractivity contribution in [3.05, 3.63) is 23.8 Å². The fraction of sp³-hybridized carbons (Fsp3) is 0.667. The maximum absolute atomic E-state index is 11.8. The van der Waals surface area contributed by atoms with Crippen LogP contribution in [0.15, 0.2) is 23.8 Å². The molecule has 1 unspecified atom stereocenters. The number of aliphatic hydroxyl groups excluding tert-OH is 1. The van der Waals surface area contributed by atoms with E-state index in [1.165, 1.54) is 12.7 Å². The van der Waals surface area contributed by atoms with Gasteiger partial charge in [-0.2, -0.15) is 0 Å². The standard InChI is InChI=1S/C24H35NO6/c1-4-5-8-16(2)20(26)12-11-19-21(31-23(29)30-3)14-18-13-17(15-24(18,19)25)9-6-7-10-22(27)28/h9,11-12,16,18-21,26H,6-8,10,13-15,25H2,1-3H3,(H,27,28)/b12-11+,17-9+/t16?,18-,19-,20+,21+,24+/m0/s1. The van der Waals surface area contributed by atoms with Crippen LogP contribution in [0.3, 0.4) is 0 Å². The van der Waals surface area contributed by atoms with E-state index in [1.807, 2.05) is 13.0 Å². The zero-order valence-corrected chi connectivity index (χ0v) is 18.7. The van der Waals surface area contributed by atoms with Crippen LogP contribution in [0.2, 0.25) is 0 Å². The van der Waals surface area contributed by atoms with Crippen molar-refractivity contribution in [3.63, 3.8) is 0 Å². The van der Waals surface area contributed by atoms with Gasteiger partial charge in [-0.05, 0) is 50.9 Å². The molecule has 0 saturated heterocycles. The molecule has 2 aliphatic rings. The molecule has 172 valence electrons. The van der Waals surface area contributed by atoms with Crippen molar-refractivity contribution in [1.29, 1.82) is 0 Å². The number of methoxy groups -OCH3 is 1. The first-order chi connectivity index (χ1) is 14.7. The number of allylic oxidation sites excluding steroid dienone is 1. The second kappa shape index (κ2) is 11.4. The van der Waals surface area contributed by atoms with Crippen molar-refractivity contribution < 1.29 is 29.3 Å². The second-order valence-electron chi connectivity index (χ2n) is 8.69. The number of aliphatic hydroxyl groups is 1. The number of hydrogen-bond donors (Lipinski definition) is 3. The zero-order chi connectivity index (χ0) is 23.0. The largest absolute Gasteiger partial charge is 0.508 e. The van der Waals surface area contributed by atoms with Crippen LogP contribution in [-0.2, 0) is 14.3 Å². The third-order valence-corrected chi connectivity index (χ3v) is 6.48. The first-order valence-corrected chi connectivity index (χ1v) is 10.9. The van der Waals surface area contributed by atoms with E-state index >= 15 is 0 Å². The first-order valence-electron chi connectivity index (χ1n) is 10.9. The van der Waals surface area contributed by atoms with E-state index in [4.69, 9.17) is 15.6 Å². The molecule has 0 aromatic heterocycles. The molecule has 0 amide bonds. The molecular formula is C24H35NO6. The minimum Gasteiger partial charge on any atom is -0.481 e. The Bertz CT molecular complexity index is 764. The summed E-state index contributed by atoms with van der Waals surface area (Å²) in [5, 5.41) is 19.3.